The number of ether oxygens (including phenoxy) is 1. The molecule has 0 aliphatic heterocycles. The summed E-state index contributed by atoms with van der Waals surface area (Å²) >= 11 is 0. The van der Waals surface area contributed by atoms with Crippen molar-refractivity contribution in [3.63, 3.8) is 0 Å². The first kappa shape index (κ1) is 13.7. The van der Waals surface area contributed by atoms with Crippen LogP contribution in [-0.4, -0.2) is 15.5 Å². The second-order valence-corrected chi connectivity index (χ2v) is 5.44. The molecule has 1 N–H and O–H groups in total. The molecule has 94 valence electrons. The molecule has 4 nitrogen and oxygen atoms in total. The van der Waals surface area contributed by atoms with E-state index < -0.39 is 10.0 Å². The summed E-state index contributed by atoms with van der Waals surface area (Å²) in [6.45, 7) is 5.53. The Labute approximate surface area is 102 Å². The summed E-state index contributed by atoms with van der Waals surface area (Å²) in [7, 11) is -1.81. The van der Waals surface area contributed by atoms with Gasteiger partial charge in [0.25, 0.3) is 0 Å². The molecule has 0 bridgehead atoms. The van der Waals surface area contributed by atoms with Gasteiger partial charge in [0.05, 0.1) is 12.0 Å². The molecule has 0 radical (unpaired) electrons. The van der Waals surface area contributed by atoms with E-state index in [4.69, 9.17) is 4.74 Å². The van der Waals surface area contributed by atoms with Crippen LogP contribution >= 0.6 is 0 Å². The quantitative estimate of drug-likeness (QED) is 0.846. The lowest BCUT2D eigenvalue weighted by Crippen LogP contribution is -2.23. The number of benzene rings is 1. The van der Waals surface area contributed by atoms with Crippen LogP contribution in [0.5, 0.6) is 5.75 Å². The maximum atomic E-state index is 11.6. The number of methoxy groups -OCH3 is 1. The van der Waals surface area contributed by atoms with Gasteiger partial charge in [0.15, 0.2) is 0 Å². The molecule has 0 unspecified atom stereocenters. The van der Waals surface area contributed by atoms with E-state index in [0.29, 0.717) is 6.42 Å². The van der Waals surface area contributed by atoms with Crippen LogP contribution in [0, 0.1) is 0 Å². The highest BCUT2D eigenvalue weighted by molar-refractivity contribution is 7.93. The van der Waals surface area contributed by atoms with Gasteiger partial charge < -0.3 is 4.74 Å². The van der Waals surface area contributed by atoms with E-state index in [1.54, 1.807) is 26.2 Å². The monoisotopic (exact) mass is 255 g/mol. The summed E-state index contributed by atoms with van der Waals surface area (Å²) in [4.78, 5) is 0.200. The van der Waals surface area contributed by atoms with Crippen LogP contribution in [0.1, 0.15) is 18.9 Å². The van der Waals surface area contributed by atoms with Crippen molar-refractivity contribution in [3.05, 3.63) is 41.3 Å². The number of hydrogen-bond acceptors (Lipinski definition) is 3. The minimum Gasteiger partial charge on any atom is -0.497 e. The van der Waals surface area contributed by atoms with E-state index in [1.807, 2.05) is 12.1 Å². The molecule has 1 aromatic carbocycles. The Bertz CT molecular complexity index is 477. The van der Waals surface area contributed by atoms with Gasteiger partial charge in [0, 0.05) is 6.54 Å². The largest absolute Gasteiger partial charge is 0.497 e. The Morgan fingerprint density at radius 3 is 2.41 bits per heavy atom. The van der Waals surface area contributed by atoms with Gasteiger partial charge in [-0.25, -0.2) is 13.1 Å². The Hall–Kier alpha value is -1.33. The van der Waals surface area contributed by atoms with Gasteiger partial charge in [-0.2, -0.15) is 0 Å². The van der Waals surface area contributed by atoms with Crippen LogP contribution in [0.4, 0.5) is 0 Å². The molecular weight excluding hydrogens is 238 g/mol. The molecule has 0 aliphatic rings. The van der Waals surface area contributed by atoms with Crippen molar-refractivity contribution in [2.45, 2.75) is 19.9 Å². The average molecular weight is 255 g/mol. The zero-order valence-corrected chi connectivity index (χ0v) is 10.9. The minimum atomic E-state index is -3.40. The van der Waals surface area contributed by atoms with Crippen LogP contribution in [0.15, 0.2) is 35.7 Å². The average Bonchev–Trinajstić information content (AvgIpc) is 2.36. The lowest BCUT2D eigenvalue weighted by molar-refractivity contribution is 0.414. The fourth-order valence-corrected chi connectivity index (χ4v) is 2.15. The molecule has 0 saturated carbocycles. The summed E-state index contributed by atoms with van der Waals surface area (Å²) in [6.07, 6.45) is 0.415. The summed E-state index contributed by atoms with van der Waals surface area (Å²) in [6, 6.07) is 7.21. The van der Waals surface area contributed by atoms with E-state index in [1.165, 1.54) is 0 Å². The summed E-state index contributed by atoms with van der Waals surface area (Å²) in [5.41, 5.74) is 0.873. The van der Waals surface area contributed by atoms with Gasteiger partial charge in [0.2, 0.25) is 10.0 Å². The van der Waals surface area contributed by atoms with Crippen molar-refractivity contribution < 1.29 is 13.2 Å². The van der Waals surface area contributed by atoms with Crippen LogP contribution in [0.2, 0.25) is 0 Å². The highest BCUT2D eigenvalue weighted by atomic mass is 32.2. The van der Waals surface area contributed by atoms with E-state index in [2.05, 4.69) is 11.3 Å². The first-order valence-corrected chi connectivity index (χ1v) is 6.78. The summed E-state index contributed by atoms with van der Waals surface area (Å²) in [5, 5.41) is 0. The molecule has 0 aliphatic carbocycles. The third-order valence-corrected chi connectivity index (χ3v) is 3.97. The number of rotatable bonds is 6. The Balaban J connectivity index is 2.64. The van der Waals surface area contributed by atoms with E-state index in [0.717, 1.165) is 11.3 Å². The van der Waals surface area contributed by atoms with Crippen LogP contribution < -0.4 is 9.46 Å². The van der Waals surface area contributed by atoms with Gasteiger partial charge in [-0.15, -0.1) is 0 Å². The zero-order valence-electron chi connectivity index (χ0n) is 10.1. The maximum Gasteiger partial charge on any atom is 0.236 e. The number of allylic oxidation sites excluding steroid dienone is 1. The van der Waals surface area contributed by atoms with E-state index >= 15 is 0 Å². The van der Waals surface area contributed by atoms with Crippen molar-refractivity contribution >= 4 is 10.0 Å². The highest BCUT2D eigenvalue weighted by Crippen LogP contribution is 2.12. The Morgan fingerprint density at radius 2 is 1.94 bits per heavy atom. The van der Waals surface area contributed by atoms with Crippen molar-refractivity contribution in [3.8, 4) is 5.75 Å². The summed E-state index contributed by atoms with van der Waals surface area (Å²) in [5.74, 6) is 0.745. The molecule has 1 rings (SSSR count). The molecule has 17 heavy (non-hydrogen) atoms. The smallest absolute Gasteiger partial charge is 0.236 e. The molecular formula is C12H17NO3S. The molecule has 0 aromatic heterocycles. The van der Waals surface area contributed by atoms with Crippen LogP contribution in [-0.2, 0) is 16.6 Å². The van der Waals surface area contributed by atoms with Crippen molar-refractivity contribution in [1.82, 2.24) is 4.72 Å². The Kier molecular flexibility index (Phi) is 4.72. The third-order valence-electron chi connectivity index (χ3n) is 2.40. The van der Waals surface area contributed by atoms with Crippen LogP contribution in [0.25, 0.3) is 0 Å². The minimum absolute atomic E-state index is 0.200. The van der Waals surface area contributed by atoms with Crippen molar-refractivity contribution in [2.24, 2.45) is 0 Å². The molecule has 5 heteroatoms. The predicted molar refractivity (Wildman–Crippen MR) is 68.2 cm³/mol. The lowest BCUT2D eigenvalue weighted by atomic mass is 10.2. The fourth-order valence-electron chi connectivity index (χ4n) is 1.21. The first-order valence-electron chi connectivity index (χ1n) is 5.30. The lowest BCUT2D eigenvalue weighted by Gasteiger charge is -2.08. The summed E-state index contributed by atoms with van der Waals surface area (Å²) < 4.78 is 30.8. The molecule has 0 spiro atoms. The highest BCUT2D eigenvalue weighted by Gasteiger charge is 2.12. The molecule has 1 aromatic rings. The maximum absolute atomic E-state index is 11.6. The number of sulfonamides is 1. The van der Waals surface area contributed by atoms with Crippen molar-refractivity contribution in [1.29, 1.82) is 0 Å². The topological polar surface area (TPSA) is 55.4 Å². The van der Waals surface area contributed by atoms with E-state index in [-0.39, 0.29) is 11.4 Å². The molecule has 0 amide bonds. The fraction of sp³-hybridized carbons (Fsp3) is 0.333. The van der Waals surface area contributed by atoms with E-state index in [9.17, 15) is 8.42 Å². The van der Waals surface area contributed by atoms with Gasteiger partial charge in [-0.05, 0) is 24.1 Å². The SMILES string of the molecule is C=C(CC)S(=O)(=O)NCc1ccc(OC)cc1. The van der Waals surface area contributed by atoms with Crippen molar-refractivity contribution in [2.75, 3.05) is 7.11 Å². The first-order chi connectivity index (χ1) is 7.99. The normalized spacial score (nSPS) is 11.2. The molecule has 0 fully saturated rings. The second-order valence-electron chi connectivity index (χ2n) is 3.56. The van der Waals surface area contributed by atoms with Gasteiger partial charge in [-0.1, -0.05) is 25.6 Å². The molecule has 0 heterocycles. The van der Waals surface area contributed by atoms with Gasteiger partial charge >= 0.3 is 0 Å². The zero-order chi connectivity index (χ0) is 12.9. The standard InChI is InChI=1S/C12H17NO3S/c1-4-10(2)17(14,15)13-9-11-5-7-12(16-3)8-6-11/h5-8,13H,2,4,9H2,1,3H3. The predicted octanol–water partition coefficient (Wildman–Crippen LogP) is 2.04. The third kappa shape index (κ3) is 3.87. The molecule has 0 saturated heterocycles. The number of nitrogens with one attached hydrogen (secondary N) is 1. The number of hydrogen-bond donors (Lipinski definition) is 1. The van der Waals surface area contributed by atoms with Gasteiger partial charge in [0.1, 0.15) is 5.75 Å². The Morgan fingerprint density at radius 1 is 1.35 bits per heavy atom. The second kappa shape index (κ2) is 5.84. The van der Waals surface area contributed by atoms with Crippen LogP contribution in [0.3, 0.4) is 0 Å². The van der Waals surface area contributed by atoms with Gasteiger partial charge in [-0.3, -0.25) is 0 Å². The molecule has 0 atom stereocenters.